The number of nitrogens with zero attached hydrogens (tertiary/aromatic N) is 2. The third kappa shape index (κ3) is 13.0. The molecule has 0 saturated carbocycles. The molecule has 0 heterocycles. The van der Waals surface area contributed by atoms with E-state index in [-0.39, 0.29) is 11.4 Å². The summed E-state index contributed by atoms with van der Waals surface area (Å²) in [7, 11) is 5.51. The second-order valence-electron chi connectivity index (χ2n) is 13.4. The fraction of sp³-hybridized carbons (Fsp3) is 0.304. The second-order valence-corrected chi connectivity index (χ2v) is 14.6. The van der Waals surface area contributed by atoms with Crippen molar-refractivity contribution in [2.24, 2.45) is 10.3 Å². The molecule has 0 radical (unpaired) electrons. The van der Waals surface area contributed by atoms with Crippen molar-refractivity contribution in [1.29, 1.82) is 0 Å². The van der Waals surface area contributed by atoms with Crippen LogP contribution < -0.4 is 9.47 Å². The predicted octanol–water partition coefficient (Wildman–Crippen LogP) is 9.34. The van der Waals surface area contributed by atoms with Gasteiger partial charge in [-0.05, 0) is 147 Å². The topological polar surface area (TPSA) is 114 Å². The molecule has 0 N–H and O–H groups in total. The third-order valence-electron chi connectivity index (χ3n) is 9.43. The first-order valence-corrected chi connectivity index (χ1v) is 19.4. The van der Waals surface area contributed by atoms with E-state index in [9.17, 15) is 9.59 Å². The van der Waals surface area contributed by atoms with Crippen LogP contribution in [0.1, 0.15) is 64.5 Å². The molecule has 0 unspecified atom stereocenters. The highest BCUT2D eigenvalue weighted by Gasteiger charge is 2.28. The van der Waals surface area contributed by atoms with Gasteiger partial charge in [-0.2, -0.15) is 0 Å². The Morgan fingerprint density at radius 1 is 0.579 bits per heavy atom. The number of esters is 2. The van der Waals surface area contributed by atoms with E-state index in [1.54, 1.807) is 0 Å². The van der Waals surface area contributed by atoms with Gasteiger partial charge in [0.2, 0.25) is 0 Å². The van der Waals surface area contributed by atoms with Crippen molar-refractivity contribution in [1.82, 2.24) is 0 Å². The molecule has 0 aliphatic heterocycles. The molecule has 298 valence electrons. The number of carbonyl (C=O) groups is 2. The van der Waals surface area contributed by atoms with Crippen molar-refractivity contribution in [3.05, 3.63) is 138 Å². The molecule has 3 aromatic carbocycles. The third-order valence-corrected chi connectivity index (χ3v) is 10.1. The lowest BCUT2D eigenvalue weighted by Crippen LogP contribution is -2.24. The maximum atomic E-state index is 12.3. The minimum Gasteiger partial charge on any atom is -0.489 e. The number of oxime groups is 2. The average Bonchev–Trinajstić information content (AvgIpc) is 3.22. The van der Waals surface area contributed by atoms with Gasteiger partial charge < -0.3 is 28.6 Å². The van der Waals surface area contributed by atoms with Crippen LogP contribution in [0.5, 0.6) is 11.5 Å². The summed E-state index contributed by atoms with van der Waals surface area (Å²) in [4.78, 5) is 34.2. The Hall–Kier alpha value is -5.61. The fourth-order valence-electron chi connectivity index (χ4n) is 6.05. The minimum atomic E-state index is -0.523. The smallest absolute Gasteiger partial charge is 0.360 e. The van der Waals surface area contributed by atoms with Gasteiger partial charge in [-0.3, -0.25) is 0 Å². The minimum absolute atomic E-state index is 0.183. The molecule has 0 saturated heterocycles. The first-order chi connectivity index (χ1) is 27.5. The zero-order valence-corrected chi connectivity index (χ0v) is 35.9. The average molecular weight is 885 g/mol. The number of ether oxygens (including phenoxy) is 4. The molecule has 2 aliphatic rings. The van der Waals surface area contributed by atoms with Gasteiger partial charge in [-0.1, -0.05) is 74.8 Å². The SMILES string of the molecule is CO/N=C(/C(=O)OC)C1=C(COc2cccc(C#Cc3ccccc3)c2)CC(C)=C(C)C1.CO/N=C(/C(=O)OC)C1=C(COc2cccc(I)c2)CC(C)=C(C)C1. The molecule has 3 aromatic rings. The first-order valence-electron chi connectivity index (χ1n) is 18.3. The Labute approximate surface area is 349 Å². The Bertz CT molecular complexity index is 2190. The van der Waals surface area contributed by atoms with Gasteiger partial charge in [-0.15, -0.1) is 0 Å². The number of allylic oxidation sites excluding steroid dienone is 4. The lowest BCUT2D eigenvalue weighted by molar-refractivity contribution is -0.133. The van der Waals surface area contributed by atoms with Gasteiger partial charge in [0, 0.05) is 14.7 Å². The van der Waals surface area contributed by atoms with Crippen LogP contribution in [0.25, 0.3) is 0 Å². The van der Waals surface area contributed by atoms with E-state index in [4.69, 9.17) is 28.6 Å². The monoisotopic (exact) mass is 884 g/mol. The summed E-state index contributed by atoms with van der Waals surface area (Å²) >= 11 is 2.25. The molecule has 11 heteroatoms. The standard InChI is InChI=1S/C27H27NO4.C19H22INO4/c1-19-15-23(25(16-20(19)2)26(28-31-4)27(29)30-3)18-32-24-12-8-11-22(17-24)14-13-21-9-6-5-7-10-21;1-12-8-14(11-25-16-7-5-6-15(20)10-16)17(9-13(12)2)18(21-24-4)19(22)23-3/h5-12,17H,15-16,18H2,1-4H3;5-7,10H,8-9,11H2,1-4H3/b28-26+;21-18+. The Morgan fingerprint density at radius 2 is 1.02 bits per heavy atom. The van der Waals surface area contributed by atoms with E-state index in [1.807, 2.05) is 78.9 Å². The Morgan fingerprint density at radius 3 is 1.49 bits per heavy atom. The molecule has 0 spiro atoms. The molecule has 0 bridgehead atoms. The lowest BCUT2D eigenvalue weighted by atomic mass is 9.85. The number of hydrogen-bond donors (Lipinski definition) is 0. The molecule has 0 amide bonds. The molecular formula is C46H49IN2O8. The number of benzene rings is 3. The van der Waals surface area contributed by atoms with Gasteiger partial charge in [0.05, 0.1) is 14.2 Å². The number of rotatable bonds is 12. The zero-order valence-electron chi connectivity index (χ0n) is 33.8. The maximum Gasteiger partial charge on any atom is 0.360 e. The van der Waals surface area contributed by atoms with Crippen molar-refractivity contribution in [2.75, 3.05) is 41.7 Å². The van der Waals surface area contributed by atoms with Crippen LogP contribution in [-0.4, -0.2) is 65.0 Å². The quantitative estimate of drug-likeness (QED) is 0.0442. The summed E-state index contributed by atoms with van der Waals surface area (Å²) in [5.74, 6) is 6.81. The van der Waals surface area contributed by atoms with Crippen LogP contribution in [0, 0.1) is 15.4 Å². The number of hydrogen-bond acceptors (Lipinski definition) is 10. The van der Waals surface area contributed by atoms with Gasteiger partial charge in [0.25, 0.3) is 0 Å². The van der Waals surface area contributed by atoms with Gasteiger partial charge in [0.1, 0.15) is 38.9 Å². The first kappa shape index (κ1) is 44.1. The lowest BCUT2D eigenvalue weighted by Gasteiger charge is -2.23. The summed E-state index contributed by atoms with van der Waals surface area (Å²) in [6.07, 6.45) is 2.68. The normalized spacial score (nSPS) is 14.5. The summed E-state index contributed by atoms with van der Waals surface area (Å²) in [5, 5.41) is 7.84. The summed E-state index contributed by atoms with van der Waals surface area (Å²) in [6.45, 7) is 9.03. The molecule has 0 aromatic heterocycles. The van der Waals surface area contributed by atoms with Gasteiger partial charge >= 0.3 is 11.9 Å². The van der Waals surface area contributed by atoms with E-state index in [0.29, 0.717) is 38.2 Å². The summed E-state index contributed by atoms with van der Waals surface area (Å²) < 4.78 is 22.9. The van der Waals surface area contributed by atoms with Crippen molar-refractivity contribution < 1.29 is 38.2 Å². The number of methoxy groups -OCH3 is 2. The zero-order chi connectivity index (χ0) is 41.3. The van der Waals surface area contributed by atoms with Crippen LogP contribution in [0.4, 0.5) is 0 Å². The van der Waals surface area contributed by atoms with Crippen LogP contribution in [0.3, 0.4) is 0 Å². The van der Waals surface area contributed by atoms with E-state index in [1.165, 1.54) is 50.7 Å². The van der Waals surface area contributed by atoms with E-state index < -0.39 is 11.9 Å². The molecule has 57 heavy (non-hydrogen) atoms. The van der Waals surface area contributed by atoms with Gasteiger partial charge in [-0.25, -0.2) is 9.59 Å². The number of halogens is 1. The Kier molecular flexibility index (Phi) is 17.2. The molecule has 5 rings (SSSR count). The second kappa shape index (κ2) is 22.2. The summed E-state index contributed by atoms with van der Waals surface area (Å²) in [6, 6.07) is 25.4. The van der Waals surface area contributed by atoms with Crippen molar-refractivity contribution in [3.8, 4) is 23.3 Å². The van der Waals surface area contributed by atoms with Crippen molar-refractivity contribution >= 4 is 46.0 Å². The molecule has 0 atom stereocenters. The van der Waals surface area contributed by atoms with Crippen molar-refractivity contribution in [3.63, 3.8) is 0 Å². The van der Waals surface area contributed by atoms with Crippen LogP contribution in [0.2, 0.25) is 0 Å². The largest absolute Gasteiger partial charge is 0.489 e. The van der Waals surface area contributed by atoms with E-state index in [0.717, 1.165) is 49.2 Å². The molecule has 0 fully saturated rings. The van der Waals surface area contributed by atoms with Crippen LogP contribution in [-0.2, 0) is 28.7 Å². The highest BCUT2D eigenvalue weighted by molar-refractivity contribution is 14.1. The van der Waals surface area contributed by atoms with E-state index in [2.05, 4.69) is 72.4 Å². The van der Waals surface area contributed by atoms with Crippen LogP contribution in [0.15, 0.2) is 134 Å². The fourth-order valence-corrected chi connectivity index (χ4v) is 6.56. The van der Waals surface area contributed by atoms with Crippen LogP contribution >= 0.6 is 22.6 Å². The predicted molar refractivity (Wildman–Crippen MR) is 231 cm³/mol. The summed E-state index contributed by atoms with van der Waals surface area (Å²) in [5.41, 5.74) is 10.8. The number of carbonyl (C=O) groups excluding carboxylic acids is 2. The maximum absolute atomic E-state index is 12.3. The molecule has 10 nitrogen and oxygen atoms in total. The highest BCUT2D eigenvalue weighted by atomic mass is 127. The molecular weight excluding hydrogens is 835 g/mol. The van der Waals surface area contributed by atoms with Crippen molar-refractivity contribution in [2.45, 2.75) is 53.4 Å². The Balaban J connectivity index is 0.000000261. The van der Waals surface area contributed by atoms with E-state index >= 15 is 0 Å². The molecule has 2 aliphatic carbocycles. The van der Waals surface area contributed by atoms with Gasteiger partial charge in [0.15, 0.2) is 11.4 Å². The highest BCUT2D eigenvalue weighted by Crippen LogP contribution is 2.33.